The molecule has 0 aliphatic rings. The average Bonchev–Trinajstić information content (AvgIpc) is 3.64. The Kier molecular flexibility index (Phi) is 5.37. The Morgan fingerprint density at radius 3 is 2.19 bits per heavy atom. The molecule has 0 N–H and O–H groups in total. The van der Waals surface area contributed by atoms with Crippen molar-refractivity contribution in [2.24, 2.45) is 0 Å². The summed E-state index contributed by atoms with van der Waals surface area (Å²) in [7, 11) is 0. The lowest BCUT2D eigenvalue weighted by Gasteiger charge is -2.25. The Morgan fingerprint density at radius 2 is 1.30 bits per heavy atom. The molecule has 0 amide bonds. The van der Waals surface area contributed by atoms with Crippen molar-refractivity contribution in [3.05, 3.63) is 146 Å². The van der Waals surface area contributed by atoms with E-state index >= 15 is 0 Å². The second-order valence-electron chi connectivity index (χ2n) is 10.8. The van der Waals surface area contributed by atoms with Gasteiger partial charge in [-0.3, -0.25) is 4.90 Å². The van der Waals surface area contributed by atoms with Gasteiger partial charge in [0.2, 0.25) is 0 Å². The SMILES string of the molecule is c1ccc(-c2ccc(N(c3cc4oc5c6ccccc6ccc5c4cn3)c3cccc4sc5ccccc5c34)cc2)cc1. The molecule has 0 aliphatic heterocycles. The van der Waals surface area contributed by atoms with Gasteiger partial charge >= 0.3 is 0 Å². The summed E-state index contributed by atoms with van der Waals surface area (Å²) in [4.78, 5) is 7.35. The Hall–Kier alpha value is -5.45. The van der Waals surface area contributed by atoms with E-state index in [9.17, 15) is 0 Å². The van der Waals surface area contributed by atoms with Gasteiger partial charge in [0.25, 0.3) is 0 Å². The third-order valence-corrected chi connectivity index (χ3v) is 9.45. The lowest BCUT2D eigenvalue weighted by atomic mass is 10.0. The smallest absolute Gasteiger partial charge is 0.143 e. The highest BCUT2D eigenvalue weighted by Crippen LogP contribution is 2.45. The zero-order valence-electron chi connectivity index (χ0n) is 23.1. The van der Waals surface area contributed by atoms with Crippen LogP contribution in [-0.4, -0.2) is 4.98 Å². The van der Waals surface area contributed by atoms with E-state index in [0.717, 1.165) is 44.5 Å². The second kappa shape index (κ2) is 9.55. The van der Waals surface area contributed by atoms with Gasteiger partial charge in [-0.1, -0.05) is 97.1 Å². The number of benzene rings is 6. The second-order valence-corrected chi connectivity index (χ2v) is 11.9. The van der Waals surface area contributed by atoms with Crippen LogP contribution in [0.3, 0.4) is 0 Å². The van der Waals surface area contributed by atoms with Crippen LogP contribution in [0.25, 0.3) is 64.0 Å². The molecule has 0 saturated heterocycles. The molecule has 0 bridgehead atoms. The first-order chi connectivity index (χ1) is 21.3. The first-order valence-corrected chi connectivity index (χ1v) is 15.2. The van der Waals surface area contributed by atoms with Crippen LogP contribution in [-0.2, 0) is 0 Å². The van der Waals surface area contributed by atoms with Gasteiger partial charge in [-0.05, 0) is 52.9 Å². The predicted octanol–water partition coefficient (Wildman–Crippen LogP) is 11.6. The maximum atomic E-state index is 6.58. The van der Waals surface area contributed by atoms with Crippen LogP contribution >= 0.6 is 11.3 Å². The number of furan rings is 1. The third-order valence-electron chi connectivity index (χ3n) is 8.32. The molecule has 0 aliphatic carbocycles. The minimum Gasteiger partial charge on any atom is -0.455 e. The zero-order chi connectivity index (χ0) is 28.3. The molecule has 9 aromatic rings. The molecule has 3 nitrogen and oxygen atoms in total. The lowest BCUT2D eigenvalue weighted by Crippen LogP contribution is -2.11. The molecule has 43 heavy (non-hydrogen) atoms. The average molecular weight is 569 g/mol. The first kappa shape index (κ1) is 24.2. The maximum Gasteiger partial charge on any atom is 0.143 e. The molecular formula is C39H24N2OS. The monoisotopic (exact) mass is 568 g/mol. The van der Waals surface area contributed by atoms with Crippen LogP contribution in [0.2, 0.25) is 0 Å². The normalized spacial score (nSPS) is 11.7. The number of pyridine rings is 1. The highest BCUT2D eigenvalue weighted by Gasteiger charge is 2.21. The van der Waals surface area contributed by atoms with E-state index in [4.69, 9.17) is 9.40 Å². The van der Waals surface area contributed by atoms with E-state index in [1.165, 1.54) is 36.7 Å². The summed E-state index contributed by atoms with van der Waals surface area (Å²) < 4.78 is 9.11. The van der Waals surface area contributed by atoms with Crippen LogP contribution in [0.1, 0.15) is 0 Å². The van der Waals surface area contributed by atoms with Crippen LogP contribution < -0.4 is 4.90 Å². The standard InChI is InChI=1S/C39H24N2OS/c1-2-9-25(10-3-1)26-17-20-28(21-18-26)41(33-14-8-16-36-38(33)31-13-6-7-15-35(31)43-36)37-23-34-32(24-40-37)30-22-19-27-11-4-5-12-29(27)39(30)42-34/h1-24H. The van der Waals surface area contributed by atoms with Crippen molar-refractivity contribution in [1.82, 2.24) is 4.98 Å². The Bertz CT molecular complexity index is 2460. The van der Waals surface area contributed by atoms with Crippen molar-refractivity contribution >= 4 is 81.4 Å². The van der Waals surface area contributed by atoms with Gasteiger partial charge in [0, 0.05) is 54.3 Å². The van der Waals surface area contributed by atoms with E-state index in [1.807, 2.05) is 23.6 Å². The number of hydrogen-bond acceptors (Lipinski definition) is 4. The largest absolute Gasteiger partial charge is 0.455 e. The molecule has 3 heterocycles. The van der Waals surface area contributed by atoms with Gasteiger partial charge < -0.3 is 4.42 Å². The summed E-state index contributed by atoms with van der Waals surface area (Å²) >= 11 is 1.82. The minimum atomic E-state index is 0.811. The molecule has 0 fully saturated rings. The van der Waals surface area contributed by atoms with Gasteiger partial charge in [0.15, 0.2) is 0 Å². The van der Waals surface area contributed by atoms with Crippen molar-refractivity contribution in [3.8, 4) is 11.1 Å². The molecule has 9 rings (SSSR count). The molecule has 0 saturated carbocycles. The Labute approximate surface area is 251 Å². The van der Waals surface area contributed by atoms with Gasteiger partial charge in [-0.15, -0.1) is 11.3 Å². The highest BCUT2D eigenvalue weighted by atomic mass is 32.1. The number of thiophene rings is 1. The van der Waals surface area contributed by atoms with Gasteiger partial charge in [-0.2, -0.15) is 0 Å². The van der Waals surface area contributed by atoms with Gasteiger partial charge in [0.1, 0.15) is 17.0 Å². The Balaban J connectivity index is 1.28. The summed E-state index contributed by atoms with van der Waals surface area (Å²) in [6.45, 7) is 0. The van der Waals surface area contributed by atoms with E-state index in [1.54, 1.807) is 0 Å². The van der Waals surface area contributed by atoms with Crippen LogP contribution in [0.4, 0.5) is 17.2 Å². The predicted molar refractivity (Wildman–Crippen MR) is 182 cm³/mol. The summed E-state index contributed by atoms with van der Waals surface area (Å²) in [5.74, 6) is 0.811. The lowest BCUT2D eigenvalue weighted by molar-refractivity contribution is 0.672. The number of aromatic nitrogens is 1. The van der Waals surface area contributed by atoms with Crippen molar-refractivity contribution in [3.63, 3.8) is 0 Å². The van der Waals surface area contributed by atoms with Crippen molar-refractivity contribution in [1.29, 1.82) is 0 Å². The molecule has 6 aromatic carbocycles. The summed E-state index contributed by atoms with van der Waals surface area (Å²) in [6, 6.07) is 49.2. The van der Waals surface area contributed by atoms with Crippen LogP contribution in [0.5, 0.6) is 0 Å². The molecule has 0 atom stereocenters. The fraction of sp³-hybridized carbons (Fsp3) is 0. The quantitative estimate of drug-likeness (QED) is 0.211. The molecule has 0 unspecified atom stereocenters. The fourth-order valence-corrected chi connectivity index (χ4v) is 7.41. The first-order valence-electron chi connectivity index (χ1n) is 14.4. The molecule has 0 spiro atoms. The molecular weight excluding hydrogens is 545 g/mol. The maximum absolute atomic E-state index is 6.58. The molecule has 3 aromatic heterocycles. The van der Waals surface area contributed by atoms with Crippen molar-refractivity contribution in [2.75, 3.05) is 4.90 Å². The summed E-state index contributed by atoms with van der Waals surface area (Å²) in [5.41, 5.74) is 6.23. The minimum absolute atomic E-state index is 0.811. The van der Waals surface area contributed by atoms with E-state index in [-0.39, 0.29) is 0 Å². The zero-order valence-corrected chi connectivity index (χ0v) is 23.9. The summed E-state index contributed by atoms with van der Waals surface area (Å²) in [6.07, 6.45) is 1.96. The molecule has 202 valence electrons. The van der Waals surface area contributed by atoms with Gasteiger partial charge in [-0.25, -0.2) is 4.98 Å². The van der Waals surface area contributed by atoms with Crippen molar-refractivity contribution in [2.45, 2.75) is 0 Å². The van der Waals surface area contributed by atoms with E-state index in [0.29, 0.717) is 0 Å². The van der Waals surface area contributed by atoms with Crippen molar-refractivity contribution < 1.29 is 4.42 Å². The number of rotatable bonds is 4. The third kappa shape index (κ3) is 3.84. The number of fused-ring (bicyclic) bond motifs is 8. The Morgan fingerprint density at radius 1 is 0.558 bits per heavy atom. The van der Waals surface area contributed by atoms with E-state index in [2.05, 4.69) is 138 Å². The van der Waals surface area contributed by atoms with Gasteiger partial charge in [0.05, 0.1) is 5.69 Å². The topological polar surface area (TPSA) is 29.3 Å². The summed E-state index contributed by atoms with van der Waals surface area (Å²) in [5, 5.41) is 6.85. The molecule has 0 radical (unpaired) electrons. The number of nitrogens with zero attached hydrogens (tertiary/aromatic N) is 2. The highest BCUT2D eigenvalue weighted by molar-refractivity contribution is 7.26. The van der Waals surface area contributed by atoms with Crippen LogP contribution in [0.15, 0.2) is 150 Å². The van der Waals surface area contributed by atoms with E-state index < -0.39 is 0 Å². The van der Waals surface area contributed by atoms with Crippen LogP contribution in [0, 0.1) is 0 Å². The molecule has 4 heteroatoms. The number of hydrogen-bond donors (Lipinski definition) is 0. The number of anilines is 3. The fourth-order valence-electron chi connectivity index (χ4n) is 6.28.